The molecular weight excluding hydrogens is 184 g/mol. The lowest BCUT2D eigenvalue weighted by Gasteiger charge is -2.20. The Morgan fingerprint density at radius 2 is 2.00 bits per heavy atom. The SMILES string of the molecule is CC(C)CN(C)c1c[nH]c2ccccc12. The summed E-state index contributed by atoms with van der Waals surface area (Å²) in [6.45, 7) is 5.57. The number of aromatic amines is 1. The van der Waals surface area contributed by atoms with Gasteiger partial charge < -0.3 is 9.88 Å². The van der Waals surface area contributed by atoms with E-state index in [0.717, 1.165) is 6.54 Å². The molecule has 0 radical (unpaired) electrons. The smallest absolute Gasteiger partial charge is 0.0621 e. The van der Waals surface area contributed by atoms with Crippen molar-refractivity contribution in [3.05, 3.63) is 30.5 Å². The van der Waals surface area contributed by atoms with Crippen LogP contribution in [0.5, 0.6) is 0 Å². The van der Waals surface area contributed by atoms with E-state index in [-0.39, 0.29) is 0 Å². The number of para-hydroxylation sites is 1. The molecule has 0 saturated carbocycles. The second-order valence-corrected chi connectivity index (χ2v) is 4.49. The summed E-state index contributed by atoms with van der Waals surface area (Å²) in [5, 5.41) is 1.31. The largest absolute Gasteiger partial charge is 0.373 e. The minimum Gasteiger partial charge on any atom is -0.373 e. The lowest BCUT2D eigenvalue weighted by atomic mass is 10.2. The first kappa shape index (κ1) is 10.1. The van der Waals surface area contributed by atoms with E-state index in [9.17, 15) is 0 Å². The number of rotatable bonds is 3. The van der Waals surface area contributed by atoms with Crippen LogP contribution < -0.4 is 4.90 Å². The van der Waals surface area contributed by atoms with Gasteiger partial charge in [-0.3, -0.25) is 0 Å². The molecule has 1 heterocycles. The molecule has 0 fully saturated rings. The molecule has 2 rings (SSSR count). The van der Waals surface area contributed by atoms with Crippen LogP contribution in [0.25, 0.3) is 10.9 Å². The van der Waals surface area contributed by atoms with E-state index in [2.05, 4.69) is 61.2 Å². The van der Waals surface area contributed by atoms with Gasteiger partial charge in [0.25, 0.3) is 0 Å². The molecule has 0 aliphatic rings. The second-order valence-electron chi connectivity index (χ2n) is 4.49. The molecule has 2 aromatic rings. The normalized spacial score (nSPS) is 11.2. The molecule has 0 aliphatic heterocycles. The van der Waals surface area contributed by atoms with Crippen LogP contribution in [0.1, 0.15) is 13.8 Å². The average Bonchev–Trinajstić information content (AvgIpc) is 2.59. The molecule has 1 aromatic heterocycles. The Labute approximate surface area is 90.9 Å². The third kappa shape index (κ3) is 1.99. The standard InChI is InChI=1S/C13H18N2/c1-10(2)9-15(3)13-8-14-12-7-5-4-6-11(12)13/h4-8,10,14H,9H2,1-3H3. The summed E-state index contributed by atoms with van der Waals surface area (Å²) in [5.41, 5.74) is 2.50. The minimum absolute atomic E-state index is 0.684. The first-order valence-corrected chi connectivity index (χ1v) is 5.45. The first-order chi connectivity index (χ1) is 7.18. The van der Waals surface area contributed by atoms with Gasteiger partial charge in [-0.25, -0.2) is 0 Å². The van der Waals surface area contributed by atoms with Crippen LogP contribution in [0.15, 0.2) is 30.5 Å². The maximum Gasteiger partial charge on any atom is 0.0621 e. The number of fused-ring (bicyclic) bond motifs is 1. The maximum absolute atomic E-state index is 3.30. The van der Waals surface area contributed by atoms with Crippen molar-refractivity contribution in [2.45, 2.75) is 13.8 Å². The number of benzene rings is 1. The molecule has 80 valence electrons. The first-order valence-electron chi connectivity index (χ1n) is 5.45. The van der Waals surface area contributed by atoms with Gasteiger partial charge in [-0.05, 0) is 12.0 Å². The number of H-pyrrole nitrogens is 1. The fraction of sp³-hybridized carbons (Fsp3) is 0.385. The fourth-order valence-electron chi connectivity index (χ4n) is 2.02. The summed E-state index contributed by atoms with van der Waals surface area (Å²) in [4.78, 5) is 5.61. The lowest BCUT2D eigenvalue weighted by Crippen LogP contribution is -2.22. The number of hydrogen-bond acceptors (Lipinski definition) is 1. The van der Waals surface area contributed by atoms with E-state index in [1.165, 1.54) is 16.6 Å². The third-order valence-corrected chi connectivity index (χ3v) is 2.62. The van der Waals surface area contributed by atoms with Gasteiger partial charge in [0.2, 0.25) is 0 Å². The summed E-state index contributed by atoms with van der Waals surface area (Å²) in [7, 11) is 2.15. The van der Waals surface area contributed by atoms with Crippen LogP contribution in [-0.4, -0.2) is 18.6 Å². The van der Waals surface area contributed by atoms with Crippen molar-refractivity contribution >= 4 is 16.6 Å². The zero-order chi connectivity index (χ0) is 10.8. The number of nitrogens with zero attached hydrogens (tertiary/aromatic N) is 1. The van der Waals surface area contributed by atoms with Crippen molar-refractivity contribution in [1.29, 1.82) is 0 Å². The van der Waals surface area contributed by atoms with Crippen LogP contribution >= 0.6 is 0 Å². The van der Waals surface area contributed by atoms with Crippen LogP contribution in [0.4, 0.5) is 5.69 Å². The molecule has 0 unspecified atom stereocenters. The molecule has 2 nitrogen and oxygen atoms in total. The minimum atomic E-state index is 0.684. The molecule has 0 bridgehead atoms. The monoisotopic (exact) mass is 202 g/mol. The summed E-state index contributed by atoms with van der Waals surface area (Å²) >= 11 is 0. The van der Waals surface area contributed by atoms with Crippen LogP contribution in [-0.2, 0) is 0 Å². The molecule has 15 heavy (non-hydrogen) atoms. The Hall–Kier alpha value is -1.44. The van der Waals surface area contributed by atoms with Crippen molar-refractivity contribution in [2.75, 3.05) is 18.5 Å². The Kier molecular flexibility index (Phi) is 2.67. The van der Waals surface area contributed by atoms with Gasteiger partial charge in [0.1, 0.15) is 0 Å². The topological polar surface area (TPSA) is 19.0 Å². The van der Waals surface area contributed by atoms with E-state index in [4.69, 9.17) is 0 Å². The van der Waals surface area contributed by atoms with Gasteiger partial charge in [-0.2, -0.15) is 0 Å². The van der Waals surface area contributed by atoms with Gasteiger partial charge in [0.05, 0.1) is 5.69 Å². The summed E-state index contributed by atoms with van der Waals surface area (Å²) in [6.07, 6.45) is 2.09. The molecule has 0 atom stereocenters. The highest BCUT2D eigenvalue weighted by Gasteiger charge is 2.08. The third-order valence-electron chi connectivity index (χ3n) is 2.62. The second kappa shape index (κ2) is 3.97. The van der Waals surface area contributed by atoms with Crippen molar-refractivity contribution in [1.82, 2.24) is 4.98 Å². The molecule has 1 N–H and O–H groups in total. The number of hydrogen-bond donors (Lipinski definition) is 1. The van der Waals surface area contributed by atoms with Crippen molar-refractivity contribution < 1.29 is 0 Å². The van der Waals surface area contributed by atoms with E-state index < -0.39 is 0 Å². The average molecular weight is 202 g/mol. The highest BCUT2D eigenvalue weighted by atomic mass is 15.1. The lowest BCUT2D eigenvalue weighted by molar-refractivity contribution is 0.639. The van der Waals surface area contributed by atoms with Gasteiger partial charge >= 0.3 is 0 Å². The van der Waals surface area contributed by atoms with Crippen molar-refractivity contribution in [3.8, 4) is 0 Å². The Morgan fingerprint density at radius 1 is 1.27 bits per heavy atom. The summed E-state index contributed by atoms with van der Waals surface area (Å²) in [5.74, 6) is 0.684. The predicted octanol–water partition coefficient (Wildman–Crippen LogP) is 3.26. The Bertz CT molecular complexity index is 442. The molecule has 2 heteroatoms. The molecule has 0 saturated heterocycles. The predicted molar refractivity (Wildman–Crippen MR) is 66.4 cm³/mol. The molecule has 0 spiro atoms. The van der Waals surface area contributed by atoms with Crippen molar-refractivity contribution in [2.24, 2.45) is 5.92 Å². The van der Waals surface area contributed by atoms with E-state index in [0.29, 0.717) is 5.92 Å². The maximum atomic E-state index is 3.30. The molecular formula is C13H18N2. The van der Waals surface area contributed by atoms with E-state index in [1.54, 1.807) is 0 Å². The molecule has 0 amide bonds. The zero-order valence-corrected chi connectivity index (χ0v) is 9.62. The van der Waals surface area contributed by atoms with Crippen LogP contribution in [0.2, 0.25) is 0 Å². The quantitative estimate of drug-likeness (QED) is 0.809. The van der Waals surface area contributed by atoms with Crippen LogP contribution in [0, 0.1) is 5.92 Å². The number of anilines is 1. The van der Waals surface area contributed by atoms with Gasteiger partial charge in [0, 0.05) is 30.7 Å². The van der Waals surface area contributed by atoms with E-state index in [1.807, 2.05) is 0 Å². The zero-order valence-electron chi connectivity index (χ0n) is 9.62. The Balaban J connectivity index is 2.35. The highest BCUT2D eigenvalue weighted by Crippen LogP contribution is 2.25. The summed E-state index contributed by atoms with van der Waals surface area (Å²) < 4.78 is 0. The number of nitrogens with one attached hydrogen (secondary N) is 1. The molecule has 0 aliphatic carbocycles. The Morgan fingerprint density at radius 3 is 2.73 bits per heavy atom. The van der Waals surface area contributed by atoms with Gasteiger partial charge in [-0.1, -0.05) is 32.0 Å². The summed E-state index contributed by atoms with van der Waals surface area (Å²) in [6, 6.07) is 8.42. The van der Waals surface area contributed by atoms with E-state index >= 15 is 0 Å². The van der Waals surface area contributed by atoms with Gasteiger partial charge in [-0.15, -0.1) is 0 Å². The highest BCUT2D eigenvalue weighted by molar-refractivity contribution is 5.92. The molecule has 1 aromatic carbocycles. The van der Waals surface area contributed by atoms with Crippen LogP contribution in [0.3, 0.4) is 0 Å². The number of aromatic nitrogens is 1. The van der Waals surface area contributed by atoms with Crippen molar-refractivity contribution in [3.63, 3.8) is 0 Å². The fourth-order valence-corrected chi connectivity index (χ4v) is 2.02. The van der Waals surface area contributed by atoms with Gasteiger partial charge in [0.15, 0.2) is 0 Å².